The Hall–Kier alpha value is -1.55. The van der Waals surface area contributed by atoms with Crippen LogP contribution in [0.15, 0.2) is 24.3 Å². The van der Waals surface area contributed by atoms with Crippen molar-refractivity contribution in [3.05, 3.63) is 29.8 Å². The molecule has 1 aliphatic heterocycles. The highest BCUT2D eigenvalue weighted by molar-refractivity contribution is 5.73. The van der Waals surface area contributed by atoms with Crippen molar-refractivity contribution in [2.24, 2.45) is 5.92 Å². The van der Waals surface area contributed by atoms with Gasteiger partial charge >= 0.3 is 5.97 Å². The summed E-state index contributed by atoms with van der Waals surface area (Å²) in [6, 6.07) is 8.16. The molecule has 1 heterocycles. The first-order valence-electron chi connectivity index (χ1n) is 6.78. The SMILES string of the molecule is CN(C)CCCN1CC(C(=O)O)Cc2ccccc21. The molecule has 0 amide bonds. The lowest BCUT2D eigenvalue weighted by Crippen LogP contribution is -2.40. The quantitative estimate of drug-likeness (QED) is 0.877. The summed E-state index contributed by atoms with van der Waals surface area (Å²) >= 11 is 0. The predicted molar refractivity (Wildman–Crippen MR) is 76.7 cm³/mol. The van der Waals surface area contributed by atoms with E-state index in [1.54, 1.807) is 0 Å². The predicted octanol–water partition coefficient (Wildman–Crippen LogP) is 1.70. The number of fused-ring (bicyclic) bond motifs is 1. The summed E-state index contributed by atoms with van der Waals surface area (Å²) in [5, 5.41) is 9.26. The molecule has 19 heavy (non-hydrogen) atoms. The second-order valence-electron chi connectivity index (χ2n) is 5.47. The minimum absolute atomic E-state index is 0.283. The summed E-state index contributed by atoms with van der Waals surface area (Å²) in [5.41, 5.74) is 2.37. The first kappa shape index (κ1) is 13.9. The molecule has 1 N–H and O–H groups in total. The maximum Gasteiger partial charge on any atom is 0.308 e. The van der Waals surface area contributed by atoms with Crippen molar-refractivity contribution < 1.29 is 9.90 Å². The number of hydrogen-bond donors (Lipinski definition) is 1. The first-order chi connectivity index (χ1) is 9.08. The molecule has 4 nitrogen and oxygen atoms in total. The Balaban J connectivity index is 2.10. The zero-order valence-corrected chi connectivity index (χ0v) is 11.7. The van der Waals surface area contributed by atoms with Crippen molar-refractivity contribution >= 4 is 11.7 Å². The van der Waals surface area contributed by atoms with Gasteiger partial charge in [0, 0.05) is 18.8 Å². The Labute approximate surface area is 114 Å². The Morgan fingerprint density at radius 2 is 2.16 bits per heavy atom. The normalized spacial score (nSPS) is 18.5. The summed E-state index contributed by atoms with van der Waals surface area (Å²) in [4.78, 5) is 15.6. The van der Waals surface area contributed by atoms with Crippen LogP contribution in [0, 0.1) is 5.92 Å². The van der Waals surface area contributed by atoms with E-state index in [4.69, 9.17) is 0 Å². The van der Waals surface area contributed by atoms with Crippen molar-refractivity contribution in [3.63, 3.8) is 0 Å². The van der Waals surface area contributed by atoms with Gasteiger partial charge in [-0.25, -0.2) is 0 Å². The number of para-hydroxylation sites is 1. The third-order valence-electron chi connectivity index (χ3n) is 3.62. The van der Waals surface area contributed by atoms with E-state index in [0.717, 1.165) is 25.1 Å². The number of aliphatic carboxylic acids is 1. The number of nitrogens with zero attached hydrogens (tertiary/aromatic N) is 2. The van der Waals surface area contributed by atoms with E-state index in [9.17, 15) is 9.90 Å². The smallest absolute Gasteiger partial charge is 0.308 e. The summed E-state index contributed by atoms with van der Waals surface area (Å²) in [7, 11) is 4.12. The Morgan fingerprint density at radius 1 is 1.42 bits per heavy atom. The molecule has 0 spiro atoms. The third-order valence-corrected chi connectivity index (χ3v) is 3.62. The van der Waals surface area contributed by atoms with Gasteiger partial charge < -0.3 is 14.9 Å². The van der Waals surface area contributed by atoms with E-state index in [0.29, 0.717) is 13.0 Å². The second-order valence-corrected chi connectivity index (χ2v) is 5.47. The fraction of sp³-hybridized carbons (Fsp3) is 0.533. The maximum absolute atomic E-state index is 11.3. The van der Waals surface area contributed by atoms with Crippen LogP contribution in [0.1, 0.15) is 12.0 Å². The van der Waals surface area contributed by atoms with Crippen LogP contribution in [0.25, 0.3) is 0 Å². The molecule has 0 aliphatic carbocycles. The van der Waals surface area contributed by atoms with Gasteiger partial charge in [-0.05, 0) is 45.1 Å². The van der Waals surface area contributed by atoms with Gasteiger partial charge in [0.05, 0.1) is 5.92 Å². The number of carbonyl (C=O) groups is 1. The molecule has 0 aromatic heterocycles. The molecule has 0 fully saturated rings. The number of carboxylic acids is 1. The fourth-order valence-corrected chi connectivity index (χ4v) is 2.64. The summed E-state index contributed by atoms with van der Waals surface area (Å²) in [6.07, 6.45) is 1.70. The van der Waals surface area contributed by atoms with Gasteiger partial charge in [-0.2, -0.15) is 0 Å². The van der Waals surface area contributed by atoms with Gasteiger partial charge in [0.25, 0.3) is 0 Å². The molecular formula is C15H22N2O2. The van der Waals surface area contributed by atoms with Gasteiger partial charge in [-0.1, -0.05) is 18.2 Å². The lowest BCUT2D eigenvalue weighted by Gasteiger charge is -2.34. The van der Waals surface area contributed by atoms with Gasteiger partial charge in [-0.15, -0.1) is 0 Å². The largest absolute Gasteiger partial charge is 0.481 e. The Bertz CT molecular complexity index is 446. The Morgan fingerprint density at radius 3 is 2.84 bits per heavy atom. The second kappa shape index (κ2) is 6.06. The molecule has 4 heteroatoms. The molecule has 2 rings (SSSR count). The lowest BCUT2D eigenvalue weighted by molar-refractivity contribution is -0.141. The molecular weight excluding hydrogens is 240 g/mol. The van der Waals surface area contributed by atoms with Crippen molar-refractivity contribution in [1.82, 2.24) is 4.90 Å². The first-order valence-corrected chi connectivity index (χ1v) is 6.78. The van der Waals surface area contributed by atoms with Crippen molar-refractivity contribution in [1.29, 1.82) is 0 Å². The van der Waals surface area contributed by atoms with Crippen molar-refractivity contribution in [3.8, 4) is 0 Å². The summed E-state index contributed by atoms with van der Waals surface area (Å²) in [5.74, 6) is -0.971. The summed E-state index contributed by atoms with van der Waals surface area (Å²) < 4.78 is 0. The topological polar surface area (TPSA) is 43.8 Å². The molecule has 0 saturated heterocycles. The monoisotopic (exact) mass is 262 g/mol. The Kier molecular flexibility index (Phi) is 4.43. The third kappa shape index (κ3) is 3.47. The average Bonchev–Trinajstić information content (AvgIpc) is 2.38. The van der Waals surface area contributed by atoms with E-state index in [-0.39, 0.29) is 5.92 Å². The van der Waals surface area contributed by atoms with Crippen LogP contribution in [0.3, 0.4) is 0 Å². The minimum atomic E-state index is -0.688. The highest BCUT2D eigenvalue weighted by Crippen LogP contribution is 2.29. The van der Waals surface area contributed by atoms with E-state index in [1.807, 2.05) is 18.2 Å². The van der Waals surface area contributed by atoms with E-state index in [2.05, 4.69) is 30.0 Å². The van der Waals surface area contributed by atoms with Crippen LogP contribution in [0.4, 0.5) is 5.69 Å². The molecule has 1 unspecified atom stereocenters. The molecule has 0 saturated carbocycles. The number of rotatable bonds is 5. The molecule has 0 bridgehead atoms. The van der Waals surface area contributed by atoms with Crippen LogP contribution >= 0.6 is 0 Å². The fourth-order valence-electron chi connectivity index (χ4n) is 2.64. The van der Waals surface area contributed by atoms with Gasteiger partial charge in [0.15, 0.2) is 0 Å². The number of benzene rings is 1. The van der Waals surface area contributed by atoms with Crippen LogP contribution < -0.4 is 4.90 Å². The minimum Gasteiger partial charge on any atom is -0.481 e. The summed E-state index contributed by atoms with van der Waals surface area (Å²) in [6.45, 7) is 2.56. The van der Waals surface area contributed by atoms with Gasteiger partial charge in [0.2, 0.25) is 0 Å². The molecule has 1 aliphatic rings. The molecule has 0 radical (unpaired) electrons. The highest BCUT2D eigenvalue weighted by atomic mass is 16.4. The van der Waals surface area contributed by atoms with E-state index >= 15 is 0 Å². The lowest BCUT2D eigenvalue weighted by atomic mass is 9.92. The molecule has 1 atom stereocenters. The van der Waals surface area contributed by atoms with E-state index in [1.165, 1.54) is 5.69 Å². The van der Waals surface area contributed by atoms with Crippen LogP contribution in [-0.2, 0) is 11.2 Å². The maximum atomic E-state index is 11.3. The molecule has 1 aromatic rings. The standard InChI is InChI=1S/C15H22N2O2/c1-16(2)8-5-9-17-11-13(15(18)19)10-12-6-3-4-7-14(12)17/h3-4,6-7,13H,5,8-11H2,1-2H3,(H,18,19). The zero-order valence-electron chi connectivity index (χ0n) is 11.7. The van der Waals surface area contributed by atoms with Crippen molar-refractivity contribution in [2.45, 2.75) is 12.8 Å². The van der Waals surface area contributed by atoms with Crippen LogP contribution in [0.5, 0.6) is 0 Å². The van der Waals surface area contributed by atoms with Crippen LogP contribution in [-0.4, -0.2) is 49.7 Å². The van der Waals surface area contributed by atoms with Gasteiger partial charge in [0.1, 0.15) is 0 Å². The average molecular weight is 262 g/mol. The zero-order chi connectivity index (χ0) is 13.8. The molecule has 104 valence electrons. The van der Waals surface area contributed by atoms with Gasteiger partial charge in [-0.3, -0.25) is 4.79 Å². The number of carboxylic acid groups (broad SMARTS) is 1. The highest BCUT2D eigenvalue weighted by Gasteiger charge is 2.28. The number of anilines is 1. The van der Waals surface area contributed by atoms with E-state index < -0.39 is 5.97 Å². The number of hydrogen-bond acceptors (Lipinski definition) is 3. The van der Waals surface area contributed by atoms with Crippen LogP contribution in [0.2, 0.25) is 0 Å². The van der Waals surface area contributed by atoms with Crippen molar-refractivity contribution in [2.75, 3.05) is 38.6 Å². The molecule has 1 aromatic carbocycles.